The van der Waals surface area contributed by atoms with Crippen LogP contribution in [0.15, 0.2) is 84.0 Å². The fraction of sp³-hybridized carbons (Fsp3) is 0.174. The molecule has 0 bridgehead atoms. The van der Waals surface area contributed by atoms with Gasteiger partial charge in [0.05, 0.1) is 52.1 Å². The molecule has 1 N–H and O–H groups in total. The average molecular weight is 467 g/mol. The molecule has 1 atom stereocenters. The number of non-ortho nitro benzene ring substituents is 1. The third-order valence-electron chi connectivity index (χ3n) is 5.25. The Balaban J connectivity index is 1.70. The number of imidazole rings is 1. The van der Waals surface area contributed by atoms with Crippen molar-refractivity contribution in [2.24, 2.45) is 0 Å². The second-order valence-electron chi connectivity index (χ2n) is 7.67. The van der Waals surface area contributed by atoms with Gasteiger partial charge in [0.15, 0.2) is 0 Å². The van der Waals surface area contributed by atoms with Crippen molar-refractivity contribution in [3.63, 3.8) is 0 Å². The first kappa shape index (κ1) is 22.4. The number of benzene rings is 3. The van der Waals surface area contributed by atoms with Crippen LogP contribution in [-0.4, -0.2) is 40.6 Å². The van der Waals surface area contributed by atoms with E-state index in [1.165, 1.54) is 36.4 Å². The highest BCUT2D eigenvalue weighted by Gasteiger charge is 2.28. The van der Waals surface area contributed by atoms with E-state index in [4.69, 9.17) is 0 Å². The number of aliphatic hydroxyl groups is 1. The van der Waals surface area contributed by atoms with E-state index in [2.05, 4.69) is 4.98 Å². The Hall–Kier alpha value is -3.76. The standard InChI is InChI=1S/C23H22N4O5S/c1-17-9-11-21(12-10-17)33(31,32)26(18-5-4-6-19(13-18)27(29)30)15-20(28)14-25-16-24-22-7-2-3-8-23(22)25/h2-13,16,20,28H,14-15H2,1H3/t20-/m0/s1. The van der Waals surface area contributed by atoms with Crippen LogP contribution in [0.2, 0.25) is 0 Å². The highest BCUT2D eigenvalue weighted by molar-refractivity contribution is 7.92. The van der Waals surface area contributed by atoms with Crippen LogP contribution in [0.25, 0.3) is 11.0 Å². The predicted octanol–water partition coefficient (Wildman–Crippen LogP) is 3.51. The molecule has 170 valence electrons. The Morgan fingerprint density at radius 3 is 2.55 bits per heavy atom. The third-order valence-corrected chi connectivity index (χ3v) is 7.06. The molecule has 1 heterocycles. The number of para-hydroxylation sites is 2. The molecule has 3 aromatic carbocycles. The SMILES string of the molecule is Cc1ccc(S(=O)(=O)N(C[C@@H](O)Cn2cnc3ccccc32)c2cccc([N+](=O)[O-])c2)cc1. The van der Waals surface area contributed by atoms with Crippen LogP contribution >= 0.6 is 0 Å². The van der Waals surface area contributed by atoms with Crippen molar-refractivity contribution in [3.8, 4) is 0 Å². The van der Waals surface area contributed by atoms with Crippen molar-refractivity contribution in [2.45, 2.75) is 24.5 Å². The van der Waals surface area contributed by atoms with Gasteiger partial charge in [0.2, 0.25) is 0 Å². The van der Waals surface area contributed by atoms with Gasteiger partial charge in [-0.2, -0.15) is 0 Å². The van der Waals surface area contributed by atoms with Crippen LogP contribution in [0.5, 0.6) is 0 Å². The van der Waals surface area contributed by atoms with E-state index in [0.717, 1.165) is 20.9 Å². The van der Waals surface area contributed by atoms with Gasteiger partial charge in [0.1, 0.15) is 0 Å². The van der Waals surface area contributed by atoms with Crippen LogP contribution in [-0.2, 0) is 16.6 Å². The molecule has 0 saturated carbocycles. The van der Waals surface area contributed by atoms with E-state index in [1.807, 2.05) is 31.2 Å². The summed E-state index contributed by atoms with van der Waals surface area (Å²) >= 11 is 0. The zero-order chi connectivity index (χ0) is 23.6. The van der Waals surface area contributed by atoms with Crippen LogP contribution in [0, 0.1) is 17.0 Å². The van der Waals surface area contributed by atoms with Gasteiger partial charge in [0.25, 0.3) is 15.7 Å². The van der Waals surface area contributed by atoms with E-state index in [0.29, 0.717) is 0 Å². The number of nitro groups is 1. The summed E-state index contributed by atoms with van der Waals surface area (Å²) in [5.74, 6) is 0. The molecule has 33 heavy (non-hydrogen) atoms. The van der Waals surface area contributed by atoms with E-state index in [9.17, 15) is 23.6 Å². The molecule has 0 radical (unpaired) electrons. The molecule has 0 amide bonds. The number of hydrogen-bond acceptors (Lipinski definition) is 6. The Bertz CT molecular complexity index is 1400. The van der Waals surface area contributed by atoms with Crippen LogP contribution < -0.4 is 4.31 Å². The van der Waals surface area contributed by atoms with Gasteiger partial charge in [-0.25, -0.2) is 13.4 Å². The van der Waals surface area contributed by atoms with Crippen molar-refractivity contribution in [3.05, 3.63) is 94.8 Å². The number of aliphatic hydroxyl groups excluding tert-OH is 1. The Morgan fingerprint density at radius 2 is 1.82 bits per heavy atom. The number of sulfonamides is 1. The first-order valence-electron chi connectivity index (χ1n) is 10.2. The molecule has 0 aliphatic carbocycles. The summed E-state index contributed by atoms with van der Waals surface area (Å²) in [6.45, 7) is 1.63. The number of rotatable bonds is 8. The first-order chi connectivity index (χ1) is 15.8. The van der Waals surface area contributed by atoms with E-state index < -0.39 is 21.1 Å². The topological polar surface area (TPSA) is 119 Å². The Morgan fingerprint density at radius 1 is 1.09 bits per heavy atom. The minimum absolute atomic E-state index is 0.0277. The van der Waals surface area contributed by atoms with Gasteiger partial charge in [-0.05, 0) is 37.3 Å². The summed E-state index contributed by atoms with van der Waals surface area (Å²) in [5, 5.41) is 22.1. The van der Waals surface area contributed by atoms with Crippen molar-refractivity contribution in [2.75, 3.05) is 10.8 Å². The quantitative estimate of drug-likeness (QED) is 0.314. The summed E-state index contributed by atoms with van der Waals surface area (Å²) < 4.78 is 29.8. The number of anilines is 1. The molecule has 0 unspecified atom stereocenters. The number of aryl methyl sites for hydroxylation is 1. The summed E-state index contributed by atoms with van der Waals surface area (Å²) in [4.78, 5) is 15.0. The molecular formula is C23H22N4O5S. The fourth-order valence-electron chi connectivity index (χ4n) is 3.57. The molecule has 4 aromatic rings. The van der Waals surface area contributed by atoms with Crippen LogP contribution in [0.3, 0.4) is 0 Å². The zero-order valence-corrected chi connectivity index (χ0v) is 18.6. The van der Waals surface area contributed by atoms with Gasteiger partial charge >= 0.3 is 0 Å². The maximum absolute atomic E-state index is 13.5. The molecule has 1 aromatic heterocycles. The van der Waals surface area contributed by atoms with Crippen molar-refractivity contribution in [1.82, 2.24) is 9.55 Å². The fourth-order valence-corrected chi connectivity index (χ4v) is 5.07. The molecule has 0 fully saturated rings. The van der Waals surface area contributed by atoms with Gasteiger partial charge in [-0.15, -0.1) is 0 Å². The molecule has 0 saturated heterocycles. The van der Waals surface area contributed by atoms with E-state index in [1.54, 1.807) is 23.0 Å². The number of hydrogen-bond donors (Lipinski definition) is 1. The Kier molecular flexibility index (Phi) is 6.12. The maximum Gasteiger partial charge on any atom is 0.271 e. The van der Waals surface area contributed by atoms with Crippen molar-refractivity contribution in [1.29, 1.82) is 0 Å². The number of nitro benzene ring substituents is 1. The first-order valence-corrected chi connectivity index (χ1v) is 11.6. The number of aromatic nitrogens is 2. The lowest BCUT2D eigenvalue weighted by atomic mass is 10.2. The van der Waals surface area contributed by atoms with Gasteiger partial charge in [0, 0.05) is 12.1 Å². The second kappa shape index (κ2) is 9.00. The molecule has 0 aliphatic rings. The maximum atomic E-state index is 13.5. The predicted molar refractivity (Wildman–Crippen MR) is 125 cm³/mol. The van der Waals surface area contributed by atoms with Gasteiger partial charge in [-0.1, -0.05) is 35.9 Å². The zero-order valence-electron chi connectivity index (χ0n) is 17.8. The highest BCUT2D eigenvalue weighted by Crippen LogP contribution is 2.28. The van der Waals surface area contributed by atoms with Gasteiger partial charge in [-0.3, -0.25) is 14.4 Å². The van der Waals surface area contributed by atoms with Crippen LogP contribution in [0.4, 0.5) is 11.4 Å². The largest absolute Gasteiger partial charge is 0.389 e. The molecular weight excluding hydrogens is 444 g/mol. The average Bonchev–Trinajstić information content (AvgIpc) is 3.20. The normalized spacial score (nSPS) is 12.5. The van der Waals surface area contributed by atoms with Crippen LogP contribution in [0.1, 0.15) is 5.56 Å². The van der Waals surface area contributed by atoms with Gasteiger partial charge < -0.3 is 9.67 Å². The third kappa shape index (κ3) is 4.71. The smallest absolute Gasteiger partial charge is 0.271 e. The van der Waals surface area contributed by atoms with Crippen molar-refractivity contribution >= 4 is 32.4 Å². The highest BCUT2D eigenvalue weighted by atomic mass is 32.2. The van der Waals surface area contributed by atoms with E-state index in [-0.39, 0.29) is 29.4 Å². The minimum atomic E-state index is -4.10. The lowest BCUT2D eigenvalue weighted by Gasteiger charge is -2.27. The molecule has 9 nitrogen and oxygen atoms in total. The second-order valence-corrected chi connectivity index (χ2v) is 9.53. The van der Waals surface area contributed by atoms with E-state index >= 15 is 0 Å². The minimum Gasteiger partial charge on any atom is -0.389 e. The molecule has 4 rings (SSSR count). The number of fused-ring (bicyclic) bond motifs is 1. The summed E-state index contributed by atoms with van der Waals surface area (Å²) in [7, 11) is -4.10. The van der Waals surface area contributed by atoms with Crippen molar-refractivity contribution < 1.29 is 18.4 Å². The summed E-state index contributed by atoms with van der Waals surface area (Å²) in [6, 6.07) is 19.1. The Labute approximate surface area is 190 Å². The number of nitrogens with zero attached hydrogens (tertiary/aromatic N) is 4. The summed E-state index contributed by atoms with van der Waals surface area (Å²) in [6.07, 6.45) is 0.474. The molecule has 0 aliphatic heterocycles. The lowest BCUT2D eigenvalue weighted by Crippen LogP contribution is -2.39. The molecule has 10 heteroatoms. The summed E-state index contributed by atoms with van der Waals surface area (Å²) in [5.41, 5.74) is 2.31. The monoisotopic (exact) mass is 466 g/mol. The molecule has 0 spiro atoms. The lowest BCUT2D eigenvalue weighted by molar-refractivity contribution is -0.384.